The van der Waals surface area contributed by atoms with Crippen molar-refractivity contribution in [1.29, 1.82) is 0 Å². The van der Waals surface area contributed by atoms with Crippen LogP contribution in [0.3, 0.4) is 0 Å². The second-order valence-corrected chi connectivity index (χ2v) is 14.8. The smallest absolute Gasteiger partial charge is 0.170 e. The Bertz CT molecular complexity index is 674. The fourth-order valence-electron chi connectivity index (χ4n) is 7.26. The molecule has 0 aliphatic carbocycles. The van der Waals surface area contributed by atoms with Gasteiger partial charge in [-0.25, -0.2) is 0 Å². The molecule has 0 aromatic rings. The third-order valence-corrected chi connectivity index (χ3v) is 10.4. The van der Waals surface area contributed by atoms with Gasteiger partial charge in [0.2, 0.25) is 0 Å². The maximum absolute atomic E-state index is 6.77. The van der Waals surface area contributed by atoms with Gasteiger partial charge in [-0.3, -0.25) is 4.90 Å². The van der Waals surface area contributed by atoms with Gasteiger partial charge in [0, 0.05) is 25.9 Å². The van der Waals surface area contributed by atoms with Crippen molar-refractivity contribution < 1.29 is 14.2 Å². The van der Waals surface area contributed by atoms with Gasteiger partial charge in [-0.2, -0.15) is 0 Å². The van der Waals surface area contributed by atoms with Crippen LogP contribution < -0.4 is 0 Å². The Kier molecular flexibility index (Phi) is 28.3. The molecule has 2 saturated heterocycles. The van der Waals surface area contributed by atoms with Crippen LogP contribution in [0.4, 0.5) is 0 Å². The van der Waals surface area contributed by atoms with Crippen molar-refractivity contribution >= 4 is 0 Å². The van der Waals surface area contributed by atoms with Crippen LogP contribution in [-0.2, 0) is 14.2 Å². The minimum absolute atomic E-state index is 0.113. The van der Waals surface area contributed by atoms with Gasteiger partial charge in [0.25, 0.3) is 0 Å². The first kappa shape index (κ1) is 42.5. The summed E-state index contributed by atoms with van der Waals surface area (Å²) >= 11 is 0. The highest BCUT2D eigenvalue weighted by Gasteiger charge is 2.42. The van der Waals surface area contributed by atoms with Crippen LogP contribution in [0, 0.1) is 0 Å². The Balaban J connectivity index is 1.52. The number of hydrogen-bond donors (Lipinski definition) is 0. The molecule has 0 aromatic carbocycles. The molecule has 47 heavy (non-hydrogen) atoms. The molecule has 0 bridgehead atoms. The van der Waals surface area contributed by atoms with Crippen LogP contribution in [0.15, 0.2) is 24.3 Å². The van der Waals surface area contributed by atoms with Gasteiger partial charge in [-0.1, -0.05) is 154 Å². The maximum Gasteiger partial charge on any atom is 0.170 e. The maximum atomic E-state index is 6.77. The van der Waals surface area contributed by atoms with Crippen molar-refractivity contribution in [3.63, 3.8) is 0 Å². The Morgan fingerprint density at radius 1 is 0.489 bits per heavy atom. The lowest BCUT2D eigenvalue weighted by Crippen LogP contribution is -2.45. The van der Waals surface area contributed by atoms with Crippen molar-refractivity contribution in [3.05, 3.63) is 24.3 Å². The molecule has 2 rings (SSSR count). The van der Waals surface area contributed by atoms with Crippen molar-refractivity contribution in [2.24, 2.45) is 0 Å². The minimum atomic E-state index is -0.357. The summed E-state index contributed by atoms with van der Waals surface area (Å²) in [7, 11) is 0. The van der Waals surface area contributed by atoms with Gasteiger partial charge in [0.1, 0.15) is 6.23 Å². The largest absolute Gasteiger partial charge is 0.379 e. The van der Waals surface area contributed by atoms with Gasteiger partial charge < -0.3 is 14.2 Å². The summed E-state index contributed by atoms with van der Waals surface area (Å²) in [5.74, 6) is -0.357. The summed E-state index contributed by atoms with van der Waals surface area (Å²) in [4.78, 5) is 2.44. The fourth-order valence-corrected chi connectivity index (χ4v) is 7.26. The number of unbranched alkanes of at least 4 members (excludes halogenated alkanes) is 24. The van der Waals surface area contributed by atoms with Crippen LogP contribution in [0.5, 0.6) is 0 Å². The molecular formula is C43H81NO3. The first-order valence-electron chi connectivity index (χ1n) is 21.2. The van der Waals surface area contributed by atoms with E-state index in [1.807, 2.05) is 0 Å². The van der Waals surface area contributed by atoms with E-state index in [-0.39, 0.29) is 12.0 Å². The van der Waals surface area contributed by atoms with Crippen LogP contribution in [0.25, 0.3) is 0 Å². The first-order valence-corrected chi connectivity index (χ1v) is 21.2. The van der Waals surface area contributed by atoms with E-state index in [1.54, 1.807) is 0 Å². The molecule has 0 spiro atoms. The van der Waals surface area contributed by atoms with Crippen molar-refractivity contribution in [3.8, 4) is 0 Å². The number of morpholine rings is 1. The molecule has 1 atom stereocenters. The number of hydrogen-bond acceptors (Lipinski definition) is 4. The molecule has 2 heterocycles. The van der Waals surface area contributed by atoms with E-state index in [2.05, 4.69) is 43.1 Å². The Labute approximate surface area is 294 Å². The SMILES string of the molecule is CCCCCCCC/C=C\CCCCCCCCC1(CCCCCCCC/C=C\CCCCCCCC)OCC(N2CCOCC2)O1. The van der Waals surface area contributed by atoms with E-state index >= 15 is 0 Å². The minimum Gasteiger partial charge on any atom is -0.379 e. The predicted octanol–water partition coefficient (Wildman–Crippen LogP) is 13.2. The van der Waals surface area contributed by atoms with Gasteiger partial charge in [-0.05, 0) is 64.2 Å². The molecule has 0 N–H and O–H groups in total. The number of allylic oxidation sites excluding steroid dienone is 4. The lowest BCUT2D eigenvalue weighted by Gasteiger charge is -2.33. The van der Waals surface area contributed by atoms with E-state index in [1.165, 1.54) is 180 Å². The quantitative estimate of drug-likeness (QED) is 0.0518. The average Bonchev–Trinajstić information content (AvgIpc) is 3.52. The second-order valence-electron chi connectivity index (χ2n) is 14.8. The number of rotatable bonds is 33. The van der Waals surface area contributed by atoms with Gasteiger partial charge in [-0.15, -0.1) is 0 Å². The molecule has 1 unspecified atom stereocenters. The zero-order valence-corrected chi connectivity index (χ0v) is 31.8. The van der Waals surface area contributed by atoms with E-state index in [0.717, 1.165) is 45.8 Å². The molecule has 0 saturated carbocycles. The number of nitrogens with zero attached hydrogens (tertiary/aromatic N) is 1. The molecule has 4 nitrogen and oxygen atoms in total. The molecular weight excluding hydrogens is 578 g/mol. The summed E-state index contributed by atoms with van der Waals surface area (Å²) in [6.07, 6.45) is 49.7. The molecule has 4 heteroatoms. The summed E-state index contributed by atoms with van der Waals surface area (Å²) in [6, 6.07) is 0. The highest BCUT2D eigenvalue weighted by molar-refractivity contribution is 4.83. The fraction of sp³-hybridized carbons (Fsp3) is 0.907. The normalized spacial score (nSPS) is 18.7. The molecule has 2 fully saturated rings. The average molecular weight is 660 g/mol. The van der Waals surface area contributed by atoms with Crippen molar-refractivity contribution in [2.45, 2.75) is 218 Å². The van der Waals surface area contributed by atoms with Crippen LogP contribution in [-0.4, -0.2) is 49.8 Å². The van der Waals surface area contributed by atoms with Gasteiger partial charge in [0.05, 0.1) is 19.8 Å². The summed E-state index contributed by atoms with van der Waals surface area (Å²) < 4.78 is 18.9. The third kappa shape index (κ3) is 23.4. The van der Waals surface area contributed by atoms with Gasteiger partial charge in [0.15, 0.2) is 5.79 Å². The topological polar surface area (TPSA) is 30.9 Å². The monoisotopic (exact) mass is 660 g/mol. The van der Waals surface area contributed by atoms with Gasteiger partial charge >= 0.3 is 0 Å². The van der Waals surface area contributed by atoms with Crippen molar-refractivity contribution in [1.82, 2.24) is 4.90 Å². The molecule has 2 aliphatic rings. The zero-order chi connectivity index (χ0) is 33.4. The third-order valence-electron chi connectivity index (χ3n) is 10.4. The highest BCUT2D eigenvalue weighted by Crippen LogP contribution is 2.36. The van der Waals surface area contributed by atoms with Crippen molar-refractivity contribution in [2.75, 3.05) is 32.9 Å². The Morgan fingerprint density at radius 2 is 0.851 bits per heavy atom. The molecule has 0 radical (unpaired) electrons. The number of ether oxygens (including phenoxy) is 3. The lowest BCUT2D eigenvalue weighted by molar-refractivity contribution is -0.200. The highest BCUT2D eigenvalue weighted by atomic mass is 16.8. The molecule has 0 aromatic heterocycles. The van der Waals surface area contributed by atoms with E-state index in [9.17, 15) is 0 Å². The summed E-state index contributed by atoms with van der Waals surface area (Å²) in [6.45, 7) is 8.87. The summed E-state index contributed by atoms with van der Waals surface area (Å²) in [5, 5.41) is 0. The van der Waals surface area contributed by atoms with Crippen LogP contribution in [0.1, 0.15) is 206 Å². The molecule has 0 amide bonds. The second kappa shape index (κ2) is 31.3. The Hall–Kier alpha value is -0.680. The van der Waals surface area contributed by atoms with E-state index < -0.39 is 0 Å². The lowest BCUT2D eigenvalue weighted by atomic mass is 9.98. The van der Waals surface area contributed by atoms with Crippen LogP contribution >= 0.6 is 0 Å². The van der Waals surface area contributed by atoms with Crippen LogP contribution in [0.2, 0.25) is 0 Å². The first-order chi connectivity index (χ1) is 23.3. The standard InChI is InChI=1S/C43H81NO3/c1-3-5-7-9-11-13-15-17-19-21-23-25-27-29-31-33-35-43(46-41-42(47-43)44-37-39-45-40-38-44)36-34-32-30-28-26-24-22-20-18-16-14-12-10-8-6-4-2/h17-20,42H,3-16,21-41H2,1-2H3/b19-17-,20-18-. The molecule has 2 aliphatic heterocycles. The zero-order valence-electron chi connectivity index (χ0n) is 31.8. The molecule has 276 valence electrons. The van der Waals surface area contributed by atoms with E-state index in [0.29, 0.717) is 0 Å². The van der Waals surface area contributed by atoms with E-state index in [4.69, 9.17) is 14.2 Å². The predicted molar refractivity (Wildman–Crippen MR) is 204 cm³/mol. The Morgan fingerprint density at radius 3 is 1.26 bits per heavy atom. The summed E-state index contributed by atoms with van der Waals surface area (Å²) in [5.41, 5.74) is 0.